The Balaban J connectivity index is 3.58. The lowest BCUT2D eigenvalue weighted by atomic mass is 9.91. The molecule has 0 saturated carbocycles. The summed E-state index contributed by atoms with van der Waals surface area (Å²) in [6.07, 6.45) is 2.73. The third-order valence-corrected chi connectivity index (χ3v) is 1.14. The van der Waals surface area contributed by atoms with E-state index in [1.165, 1.54) is 0 Å². The van der Waals surface area contributed by atoms with Crippen LogP contribution in [0.1, 0.15) is 13.3 Å². The second-order valence-corrected chi connectivity index (χ2v) is 1.92. The minimum Gasteiger partial charge on any atom is -0.0983 e. The van der Waals surface area contributed by atoms with Gasteiger partial charge in [0.1, 0.15) is 5.41 Å². The fourth-order valence-electron chi connectivity index (χ4n) is 0.144. The highest BCUT2D eigenvalue weighted by Crippen LogP contribution is 2.18. The summed E-state index contributed by atoms with van der Waals surface area (Å²) >= 11 is 0. The van der Waals surface area contributed by atoms with Crippen molar-refractivity contribution in [1.82, 2.24) is 0 Å². The lowest BCUT2D eigenvalue weighted by Gasteiger charge is -2.05. The molecule has 0 saturated heterocycles. The van der Waals surface area contributed by atoms with Crippen LogP contribution in [0.5, 0.6) is 0 Å². The van der Waals surface area contributed by atoms with Crippen LogP contribution in [0.3, 0.4) is 0 Å². The molecule has 0 aliphatic heterocycles. The average Bonchev–Trinajstić information content (AvgIpc) is 1.68. The van der Waals surface area contributed by atoms with Gasteiger partial charge in [-0.1, -0.05) is 13.5 Å². The molecule has 0 nitrogen and oxygen atoms in total. The Kier molecular flexibility index (Phi) is 1.94. The Morgan fingerprint density at radius 3 is 2.29 bits per heavy atom. The molecule has 0 atom stereocenters. The van der Waals surface area contributed by atoms with Crippen molar-refractivity contribution in [3.8, 4) is 0 Å². The zero-order chi connectivity index (χ0) is 5.91. The fourth-order valence-corrected chi connectivity index (χ4v) is 0.144. The monoisotopic (exact) mass is 96.1 g/mol. The first-order valence-corrected chi connectivity index (χ1v) is 2.46. The molecule has 0 aromatic rings. The molecule has 0 aromatic heterocycles. The summed E-state index contributed by atoms with van der Waals surface area (Å²) in [5.41, 5.74) is -0.153. The molecule has 0 rings (SSSR count). The van der Waals surface area contributed by atoms with Gasteiger partial charge in [-0.25, -0.2) is 0 Å². The van der Waals surface area contributed by atoms with Gasteiger partial charge >= 0.3 is 0 Å². The second-order valence-electron chi connectivity index (χ2n) is 1.92. The van der Waals surface area contributed by atoms with Crippen LogP contribution in [0.25, 0.3) is 0 Å². The summed E-state index contributed by atoms with van der Waals surface area (Å²) in [5.74, 6) is 0. The summed E-state index contributed by atoms with van der Waals surface area (Å²) in [6, 6.07) is 0. The first-order valence-electron chi connectivity index (χ1n) is 2.46. The molecule has 39 valence electrons. The first kappa shape index (κ1) is 6.61. The van der Waals surface area contributed by atoms with Crippen LogP contribution < -0.4 is 0 Å². The van der Waals surface area contributed by atoms with Crippen LogP contribution in [0.4, 0.5) is 0 Å². The Labute approximate surface area is 46.2 Å². The highest BCUT2D eigenvalue weighted by atomic mass is 14.1. The normalized spacial score (nSPS) is 18.0. The number of hydrogen-bond acceptors (Lipinski definition) is 0. The van der Waals surface area contributed by atoms with Crippen molar-refractivity contribution in [3.63, 3.8) is 0 Å². The van der Waals surface area contributed by atoms with E-state index in [0.717, 1.165) is 6.42 Å². The van der Waals surface area contributed by atoms with E-state index >= 15 is 0 Å². The van der Waals surface area contributed by atoms with Gasteiger partial charge < -0.3 is 0 Å². The van der Waals surface area contributed by atoms with Gasteiger partial charge in [0.05, 0.1) is 6.92 Å². The highest BCUT2D eigenvalue weighted by molar-refractivity contribution is 4.97. The van der Waals surface area contributed by atoms with Crippen LogP contribution in [-0.4, -0.2) is 0 Å². The first-order chi connectivity index (χ1) is 3.12. The van der Waals surface area contributed by atoms with Gasteiger partial charge in [0.2, 0.25) is 0 Å². The van der Waals surface area contributed by atoms with Crippen molar-refractivity contribution in [1.29, 1.82) is 0 Å². The SMILES string of the molecule is [CH2]C([CH2+])(C=C)CC. The molecule has 0 N–H and O–H groups in total. The Bertz CT molecular complexity index is 60.4. The van der Waals surface area contributed by atoms with Crippen LogP contribution >= 0.6 is 0 Å². The molecule has 0 aromatic carbocycles. The molecule has 0 amide bonds. The highest BCUT2D eigenvalue weighted by Gasteiger charge is 2.16. The molecule has 0 aliphatic rings. The largest absolute Gasteiger partial charge is 0.123 e. The van der Waals surface area contributed by atoms with Crippen molar-refractivity contribution in [3.05, 3.63) is 26.5 Å². The van der Waals surface area contributed by atoms with Gasteiger partial charge in [0, 0.05) is 6.92 Å². The van der Waals surface area contributed by atoms with E-state index in [2.05, 4.69) is 20.4 Å². The molecule has 1 radical (unpaired) electrons. The number of allylic oxidation sites excluding steroid dienone is 1. The van der Waals surface area contributed by atoms with E-state index in [0.29, 0.717) is 0 Å². The Morgan fingerprint density at radius 1 is 1.86 bits per heavy atom. The smallest absolute Gasteiger partial charge is 0.0983 e. The van der Waals surface area contributed by atoms with E-state index in [1.54, 1.807) is 6.08 Å². The topological polar surface area (TPSA) is 0 Å². The van der Waals surface area contributed by atoms with Gasteiger partial charge in [-0.05, 0) is 12.5 Å². The molecule has 0 bridgehead atoms. The van der Waals surface area contributed by atoms with E-state index in [-0.39, 0.29) is 5.41 Å². The van der Waals surface area contributed by atoms with E-state index < -0.39 is 0 Å². The lowest BCUT2D eigenvalue weighted by molar-refractivity contribution is 0.594. The molecular weight excluding hydrogens is 84.1 g/mol. The van der Waals surface area contributed by atoms with Crippen molar-refractivity contribution in [2.75, 3.05) is 0 Å². The molecule has 0 heteroatoms. The third-order valence-electron chi connectivity index (χ3n) is 1.14. The lowest BCUT2D eigenvalue weighted by Crippen LogP contribution is -2.03. The van der Waals surface area contributed by atoms with Crippen molar-refractivity contribution in [2.45, 2.75) is 13.3 Å². The number of hydrogen-bond donors (Lipinski definition) is 0. The summed E-state index contributed by atoms with van der Waals surface area (Å²) < 4.78 is 0. The van der Waals surface area contributed by atoms with Crippen LogP contribution in [0.15, 0.2) is 12.7 Å². The van der Waals surface area contributed by atoms with Gasteiger partial charge in [0.25, 0.3) is 0 Å². The molecule has 0 aliphatic carbocycles. The third kappa shape index (κ3) is 2.32. The van der Waals surface area contributed by atoms with E-state index in [9.17, 15) is 0 Å². The molecule has 0 heterocycles. The quantitative estimate of drug-likeness (QED) is 0.365. The Hall–Kier alpha value is -0.390. The zero-order valence-corrected chi connectivity index (χ0v) is 4.91. The predicted octanol–water partition coefficient (Wildman–Crippen LogP) is 2.24. The Morgan fingerprint density at radius 2 is 2.29 bits per heavy atom. The van der Waals surface area contributed by atoms with Gasteiger partial charge in [-0.3, -0.25) is 0 Å². The molecular formula is C7H12+. The molecule has 7 heavy (non-hydrogen) atoms. The van der Waals surface area contributed by atoms with Gasteiger partial charge in [-0.15, -0.1) is 0 Å². The molecule has 0 unspecified atom stereocenters. The summed E-state index contributed by atoms with van der Waals surface area (Å²) in [5, 5.41) is 0. The minimum atomic E-state index is -0.153. The van der Waals surface area contributed by atoms with Crippen LogP contribution in [0, 0.1) is 19.3 Å². The van der Waals surface area contributed by atoms with E-state index in [1.807, 2.05) is 6.92 Å². The maximum atomic E-state index is 3.78. The van der Waals surface area contributed by atoms with Crippen molar-refractivity contribution >= 4 is 0 Å². The van der Waals surface area contributed by atoms with Gasteiger partial charge in [0.15, 0.2) is 0 Å². The van der Waals surface area contributed by atoms with Crippen molar-refractivity contribution in [2.24, 2.45) is 5.41 Å². The zero-order valence-electron chi connectivity index (χ0n) is 4.91. The predicted molar refractivity (Wildman–Crippen MR) is 33.6 cm³/mol. The molecule has 0 spiro atoms. The summed E-state index contributed by atoms with van der Waals surface area (Å²) in [4.78, 5) is 0. The maximum Gasteiger partial charge on any atom is 0.123 e. The summed E-state index contributed by atoms with van der Waals surface area (Å²) in [7, 11) is 0. The minimum absolute atomic E-state index is 0.153. The molecule has 0 fully saturated rings. The van der Waals surface area contributed by atoms with Crippen LogP contribution in [0.2, 0.25) is 0 Å². The fraction of sp³-hybridized carbons (Fsp3) is 0.429. The van der Waals surface area contributed by atoms with Gasteiger partial charge in [-0.2, -0.15) is 0 Å². The van der Waals surface area contributed by atoms with Crippen LogP contribution in [-0.2, 0) is 0 Å². The maximum absolute atomic E-state index is 3.78. The van der Waals surface area contributed by atoms with E-state index in [4.69, 9.17) is 0 Å². The summed E-state index contributed by atoms with van der Waals surface area (Å²) in [6.45, 7) is 13.2. The average molecular weight is 96.2 g/mol. The second kappa shape index (κ2) is 2.06. The van der Waals surface area contributed by atoms with Crippen molar-refractivity contribution < 1.29 is 0 Å². The standard InChI is InChI=1S/C7H12/c1-5-7(3,4)6-2/h5H,1,3-4,6H2,2H3/q+1. The number of rotatable bonds is 2.